The van der Waals surface area contributed by atoms with Crippen molar-refractivity contribution in [2.24, 2.45) is 0 Å². The molecule has 0 radical (unpaired) electrons. The zero-order chi connectivity index (χ0) is 12.2. The summed E-state index contributed by atoms with van der Waals surface area (Å²) in [5, 5.41) is 10.5. The first-order chi connectivity index (χ1) is 6.66. The summed E-state index contributed by atoms with van der Waals surface area (Å²) < 4.78 is 0. The van der Waals surface area contributed by atoms with E-state index in [1.165, 1.54) is 6.08 Å². The van der Waals surface area contributed by atoms with Gasteiger partial charge in [-0.2, -0.15) is 48.4 Å². The maximum absolute atomic E-state index is 4.93. The number of hydrogen-bond acceptors (Lipinski definition) is 0. The van der Waals surface area contributed by atoms with Gasteiger partial charge in [0.25, 0.3) is 0 Å². The fourth-order valence-electron chi connectivity index (χ4n) is 0.111. The van der Waals surface area contributed by atoms with Crippen LogP contribution < -0.4 is 0 Å². The van der Waals surface area contributed by atoms with Gasteiger partial charge >= 0.3 is 26.2 Å². The summed E-state index contributed by atoms with van der Waals surface area (Å²) in [6.45, 7) is 6.85. The summed E-state index contributed by atoms with van der Waals surface area (Å²) in [5.74, 6) is 0. The van der Waals surface area contributed by atoms with Gasteiger partial charge in [-0.05, 0) is 0 Å². The molecule has 0 N–H and O–H groups in total. The van der Waals surface area contributed by atoms with Crippen molar-refractivity contribution in [3.63, 3.8) is 0 Å². The molecule has 0 saturated heterocycles. The van der Waals surface area contributed by atoms with Gasteiger partial charge in [0.1, 0.15) is 0 Å². The minimum Gasteiger partial charge on any atom is -0.668 e. The first-order valence-electron chi connectivity index (χ1n) is 4.26. The molecule has 0 amide bonds. The summed E-state index contributed by atoms with van der Waals surface area (Å²) >= 11 is 0. The summed E-state index contributed by atoms with van der Waals surface area (Å²) in [5.41, 5.74) is 0. The van der Waals surface area contributed by atoms with E-state index in [9.17, 15) is 0 Å². The van der Waals surface area contributed by atoms with E-state index in [0.717, 1.165) is 0 Å². The smallest absolute Gasteiger partial charge is 0.668 e. The first kappa shape index (κ1) is 29.5. The van der Waals surface area contributed by atoms with Crippen LogP contribution in [-0.2, 0) is 26.2 Å². The third-order valence-electron chi connectivity index (χ3n) is 0.304. The van der Waals surface area contributed by atoms with Crippen LogP contribution in [0.15, 0.2) is 18.2 Å². The van der Waals surface area contributed by atoms with Gasteiger partial charge in [0.05, 0.1) is 0 Å². The molecular formula is C11H25N3Zr. The van der Waals surface area contributed by atoms with Crippen LogP contribution >= 0.6 is 0 Å². The van der Waals surface area contributed by atoms with E-state index in [1.807, 2.05) is 13.0 Å². The second-order valence-corrected chi connectivity index (χ2v) is 2.06. The summed E-state index contributed by atoms with van der Waals surface area (Å²) in [7, 11) is 10.5. The van der Waals surface area contributed by atoms with E-state index in [4.69, 9.17) is 6.58 Å². The fourth-order valence-corrected chi connectivity index (χ4v) is 0.111. The molecule has 0 rings (SSSR count). The molecule has 0 saturated carbocycles. The Kier molecular flexibility index (Phi) is 126. The van der Waals surface area contributed by atoms with Crippen molar-refractivity contribution in [2.45, 2.75) is 6.92 Å². The molecule has 15 heavy (non-hydrogen) atoms. The van der Waals surface area contributed by atoms with Crippen LogP contribution in [0.3, 0.4) is 0 Å². The van der Waals surface area contributed by atoms with Gasteiger partial charge in [-0.15, -0.1) is 0 Å². The van der Waals surface area contributed by atoms with Crippen LogP contribution in [0.2, 0.25) is 0 Å². The van der Waals surface area contributed by atoms with Crippen LogP contribution in [0, 0.1) is 6.58 Å². The first-order valence-corrected chi connectivity index (χ1v) is 4.26. The normalized spacial score (nSPS) is 6.60. The monoisotopic (exact) mass is 289 g/mol. The Morgan fingerprint density at radius 1 is 0.800 bits per heavy atom. The number of rotatable bonds is 1. The van der Waals surface area contributed by atoms with Gasteiger partial charge in [0.15, 0.2) is 0 Å². The van der Waals surface area contributed by atoms with E-state index in [1.54, 1.807) is 48.4 Å². The molecule has 0 spiro atoms. The quantitative estimate of drug-likeness (QED) is 0.525. The molecule has 0 aromatic carbocycles. The van der Waals surface area contributed by atoms with Gasteiger partial charge in [0.2, 0.25) is 0 Å². The van der Waals surface area contributed by atoms with E-state index < -0.39 is 0 Å². The molecule has 88 valence electrons. The predicted octanol–water partition coefficient (Wildman–Crippen LogP) is 3.41. The van der Waals surface area contributed by atoms with Crippen molar-refractivity contribution in [3.05, 3.63) is 40.8 Å². The van der Waals surface area contributed by atoms with E-state index in [-0.39, 0.29) is 26.2 Å². The summed E-state index contributed by atoms with van der Waals surface area (Å²) in [6, 6.07) is 0. The third kappa shape index (κ3) is 424. The van der Waals surface area contributed by atoms with Crippen LogP contribution in [0.25, 0.3) is 16.0 Å². The number of nitrogens with zero attached hydrogens (tertiary/aromatic N) is 3. The molecule has 0 unspecified atom stereocenters. The summed E-state index contributed by atoms with van der Waals surface area (Å²) in [4.78, 5) is 0. The molecule has 0 aliphatic rings. The standard InChI is InChI=1S/C5H7.3C2H6N.Zr/c1-3-5-4-2;3*1-3-2;/h1,3-5H,2H3;3*1-2H3;/q4*-1;+4. The van der Waals surface area contributed by atoms with Crippen molar-refractivity contribution in [3.8, 4) is 0 Å². The molecule has 0 heterocycles. The molecule has 0 aliphatic heterocycles. The third-order valence-corrected chi connectivity index (χ3v) is 0.304. The maximum Gasteiger partial charge on any atom is 4.00 e. The maximum atomic E-state index is 4.93. The van der Waals surface area contributed by atoms with Crippen molar-refractivity contribution >= 4 is 0 Å². The van der Waals surface area contributed by atoms with Crippen LogP contribution in [-0.4, -0.2) is 42.3 Å². The van der Waals surface area contributed by atoms with Crippen LogP contribution in [0.5, 0.6) is 0 Å². The second-order valence-electron chi connectivity index (χ2n) is 2.06. The van der Waals surface area contributed by atoms with Gasteiger partial charge in [-0.25, -0.2) is 12.2 Å². The Balaban J connectivity index is -0.0000000300. The molecule has 3 nitrogen and oxygen atoms in total. The van der Waals surface area contributed by atoms with Crippen molar-refractivity contribution < 1.29 is 26.2 Å². The van der Waals surface area contributed by atoms with Crippen molar-refractivity contribution in [1.29, 1.82) is 0 Å². The van der Waals surface area contributed by atoms with Gasteiger partial charge in [0, 0.05) is 0 Å². The van der Waals surface area contributed by atoms with Gasteiger partial charge in [-0.1, -0.05) is 6.92 Å². The minimum atomic E-state index is 0. The SMILES string of the molecule is C[N-]C.C[N-]C.C[N-]C.[CH-]=CC=CC.[Zr+4]. The zero-order valence-electron chi connectivity index (χ0n) is 11.2. The molecule has 0 atom stereocenters. The largest absolute Gasteiger partial charge is 4.00 e. The van der Waals surface area contributed by atoms with E-state index in [0.29, 0.717) is 0 Å². The number of allylic oxidation sites excluding steroid dienone is 3. The molecule has 0 aliphatic carbocycles. The molecule has 4 heteroatoms. The van der Waals surface area contributed by atoms with Crippen LogP contribution in [0.4, 0.5) is 0 Å². The molecule has 0 aromatic rings. The molecule has 0 bridgehead atoms. The topological polar surface area (TPSA) is 42.3 Å². The Bertz CT molecular complexity index is 81.1. The number of hydrogen-bond donors (Lipinski definition) is 0. The predicted molar refractivity (Wildman–Crippen MR) is 69.3 cm³/mol. The average molecular weight is 291 g/mol. The minimum absolute atomic E-state index is 0. The van der Waals surface area contributed by atoms with Crippen LogP contribution in [0.1, 0.15) is 6.92 Å². The van der Waals surface area contributed by atoms with Gasteiger partial charge in [-0.3, -0.25) is 6.58 Å². The Labute approximate surface area is 116 Å². The van der Waals surface area contributed by atoms with E-state index >= 15 is 0 Å². The second kappa shape index (κ2) is 64.1. The van der Waals surface area contributed by atoms with Crippen molar-refractivity contribution in [1.82, 2.24) is 0 Å². The summed E-state index contributed by atoms with van der Waals surface area (Å²) in [6.07, 6.45) is 5.15. The molecule has 0 aromatic heterocycles. The van der Waals surface area contributed by atoms with Crippen molar-refractivity contribution in [2.75, 3.05) is 42.3 Å². The Morgan fingerprint density at radius 3 is 1.00 bits per heavy atom. The fraction of sp³-hybridized carbons (Fsp3) is 0.636. The average Bonchev–Trinajstić information content (AvgIpc) is 2.09. The molecular weight excluding hydrogens is 265 g/mol. The van der Waals surface area contributed by atoms with Gasteiger partial charge < -0.3 is 16.0 Å². The Morgan fingerprint density at radius 2 is 1.00 bits per heavy atom. The van der Waals surface area contributed by atoms with E-state index in [2.05, 4.69) is 16.0 Å². The Hall–Kier alpha value is 0.243. The zero-order valence-corrected chi connectivity index (χ0v) is 13.6. The molecule has 0 fully saturated rings.